The van der Waals surface area contributed by atoms with Gasteiger partial charge in [0.25, 0.3) is 0 Å². The maximum absolute atomic E-state index is 9.46. The second-order valence-corrected chi connectivity index (χ2v) is 6.27. The van der Waals surface area contributed by atoms with E-state index < -0.39 is 0 Å². The summed E-state index contributed by atoms with van der Waals surface area (Å²) in [7, 11) is 0. The van der Waals surface area contributed by atoms with Gasteiger partial charge in [-0.05, 0) is 0 Å². The van der Waals surface area contributed by atoms with Crippen LogP contribution in [0, 0.1) is 0 Å². The van der Waals surface area contributed by atoms with Crippen LogP contribution < -0.4 is 0 Å². The van der Waals surface area contributed by atoms with Gasteiger partial charge in [-0.2, -0.15) is 0 Å². The Morgan fingerprint density at radius 2 is 1.82 bits per heavy atom. The first-order valence-electron chi connectivity index (χ1n) is 3.59. The van der Waals surface area contributed by atoms with Crippen molar-refractivity contribution in [1.29, 1.82) is 0 Å². The average molecular weight is 212 g/mol. The van der Waals surface area contributed by atoms with Crippen molar-refractivity contribution in [1.82, 2.24) is 0 Å². The molecule has 0 saturated carbocycles. The van der Waals surface area contributed by atoms with Crippen LogP contribution in [-0.2, 0) is 4.20 Å². The molecule has 0 amide bonds. The van der Waals surface area contributed by atoms with Crippen molar-refractivity contribution in [3.05, 3.63) is 29.8 Å². The molecular formula is C9H13AsO. The second-order valence-electron chi connectivity index (χ2n) is 3.24. The van der Waals surface area contributed by atoms with E-state index in [-0.39, 0.29) is 4.20 Å². The Morgan fingerprint density at radius 1 is 1.27 bits per heavy atom. The van der Waals surface area contributed by atoms with E-state index in [4.69, 9.17) is 0 Å². The van der Waals surface area contributed by atoms with Crippen molar-refractivity contribution >= 4 is 16.9 Å². The monoisotopic (exact) mass is 212 g/mol. The molecule has 1 N–H and O–H groups in total. The van der Waals surface area contributed by atoms with Gasteiger partial charge in [0.15, 0.2) is 0 Å². The van der Waals surface area contributed by atoms with Crippen LogP contribution in [0.4, 0.5) is 0 Å². The molecule has 0 bridgehead atoms. The summed E-state index contributed by atoms with van der Waals surface area (Å²) in [5, 5.41) is 9.46. The summed E-state index contributed by atoms with van der Waals surface area (Å²) in [4.78, 5) is 0. The van der Waals surface area contributed by atoms with Gasteiger partial charge in [-0.25, -0.2) is 0 Å². The van der Waals surface area contributed by atoms with E-state index in [0.29, 0.717) is 5.75 Å². The Bertz CT molecular complexity index is 250. The molecule has 0 saturated heterocycles. The van der Waals surface area contributed by atoms with Crippen molar-refractivity contribution in [3.8, 4) is 5.75 Å². The summed E-state index contributed by atoms with van der Waals surface area (Å²) in [6.07, 6.45) is 0. The fourth-order valence-electron chi connectivity index (χ4n) is 1.02. The predicted molar refractivity (Wildman–Crippen MR) is 49.7 cm³/mol. The van der Waals surface area contributed by atoms with Gasteiger partial charge in [0.1, 0.15) is 0 Å². The Morgan fingerprint density at radius 3 is 2.18 bits per heavy atom. The van der Waals surface area contributed by atoms with Crippen LogP contribution in [0.5, 0.6) is 5.75 Å². The van der Waals surface area contributed by atoms with Gasteiger partial charge in [-0.1, -0.05) is 0 Å². The zero-order valence-electron chi connectivity index (χ0n) is 6.83. The third-order valence-electron chi connectivity index (χ3n) is 1.60. The normalized spacial score (nSPS) is 11.5. The third kappa shape index (κ3) is 2.00. The Labute approximate surface area is 75.9 Å². The van der Waals surface area contributed by atoms with Crippen LogP contribution >= 0.6 is 0 Å². The van der Waals surface area contributed by atoms with Crippen molar-refractivity contribution in [2.24, 2.45) is 0 Å². The molecule has 60 valence electrons. The van der Waals surface area contributed by atoms with Gasteiger partial charge < -0.3 is 0 Å². The van der Waals surface area contributed by atoms with Gasteiger partial charge in [-0.15, -0.1) is 0 Å². The fourth-order valence-corrected chi connectivity index (χ4v) is 1.53. The summed E-state index contributed by atoms with van der Waals surface area (Å²) >= 11 is 1.62. The number of hydrogen-bond donors (Lipinski definition) is 1. The molecule has 1 nitrogen and oxygen atoms in total. The number of para-hydroxylation sites is 1. The number of benzene rings is 1. The predicted octanol–water partition coefficient (Wildman–Crippen LogP) is 1.26. The van der Waals surface area contributed by atoms with E-state index >= 15 is 0 Å². The topological polar surface area (TPSA) is 20.2 Å². The average Bonchev–Trinajstić information content (AvgIpc) is 1.86. The minimum atomic E-state index is 0.0956. The van der Waals surface area contributed by atoms with Gasteiger partial charge >= 0.3 is 75.6 Å². The zero-order valence-corrected chi connectivity index (χ0v) is 9.26. The maximum atomic E-state index is 9.46. The summed E-state index contributed by atoms with van der Waals surface area (Å²) in [5.41, 5.74) is 1.03. The number of hydrogen-bond acceptors (Lipinski definition) is 1. The van der Waals surface area contributed by atoms with Crippen LogP contribution in [0.25, 0.3) is 0 Å². The van der Waals surface area contributed by atoms with Crippen LogP contribution in [0.1, 0.15) is 19.4 Å². The molecule has 0 aromatic heterocycles. The Kier molecular flexibility index (Phi) is 2.29. The number of phenols is 1. The standard InChI is InChI=1S/C9H13AsO/c1-9(2,10)7-5-3-4-6-8(7)11/h3-6,11H,10H2,1-2H3. The van der Waals surface area contributed by atoms with Crippen LogP contribution in [0.3, 0.4) is 0 Å². The van der Waals surface area contributed by atoms with Crippen molar-refractivity contribution in [2.75, 3.05) is 0 Å². The summed E-state index contributed by atoms with van der Waals surface area (Å²) in [6.45, 7) is 4.23. The summed E-state index contributed by atoms with van der Waals surface area (Å²) in [5.74, 6) is 0.405. The molecule has 2 heteroatoms. The van der Waals surface area contributed by atoms with E-state index in [9.17, 15) is 5.11 Å². The molecule has 0 fully saturated rings. The first-order valence-corrected chi connectivity index (χ1v) is 4.80. The second kappa shape index (κ2) is 2.90. The van der Waals surface area contributed by atoms with E-state index in [1.54, 1.807) is 22.9 Å². The quantitative estimate of drug-likeness (QED) is 0.695. The number of aromatic hydroxyl groups is 1. The Hall–Kier alpha value is -0.422. The first-order chi connectivity index (χ1) is 5.02. The molecule has 1 aromatic rings. The molecular weight excluding hydrogens is 199 g/mol. The Balaban J connectivity index is 3.14. The SMILES string of the molecule is CC(C)([AsH2])c1ccccc1O. The molecule has 1 unspecified atom stereocenters. The zero-order chi connectivity index (χ0) is 8.48. The van der Waals surface area contributed by atoms with Crippen molar-refractivity contribution in [2.45, 2.75) is 18.1 Å². The summed E-state index contributed by atoms with van der Waals surface area (Å²) < 4.78 is 0.0956. The molecule has 1 rings (SSSR count). The molecule has 0 aliphatic rings. The molecule has 0 spiro atoms. The van der Waals surface area contributed by atoms with Crippen LogP contribution in [0.15, 0.2) is 24.3 Å². The molecule has 1 atom stereocenters. The van der Waals surface area contributed by atoms with E-state index in [1.165, 1.54) is 0 Å². The third-order valence-corrected chi connectivity index (χ3v) is 2.25. The van der Waals surface area contributed by atoms with Gasteiger partial charge in [-0.3, -0.25) is 0 Å². The molecule has 0 radical (unpaired) electrons. The molecule has 11 heavy (non-hydrogen) atoms. The molecule has 0 aliphatic heterocycles. The molecule has 1 aromatic carbocycles. The molecule has 0 heterocycles. The van der Waals surface area contributed by atoms with E-state index in [2.05, 4.69) is 13.8 Å². The van der Waals surface area contributed by atoms with Gasteiger partial charge in [0, 0.05) is 0 Å². The summed E-state index contributed by atoms with van der Waals surface area (Å²) in [6, 6.07) is 7.50. The first kappa shape index (κ1) is 8.67. The number of rotatable bonds is 1. The van der Waals surface area contributed by atoms with Crippen molar-refractivity contribution < 1.29 is 5.11 Å². The van der Waals surface area contributed by atoms with Crippen LogP contribution in [-0.4, -0.2) is 22.0 Å². The van der Waals surface area contributed by atoms with E-state index in [0.717, 1.165) is 5.56 Å². The van der Waals surface area contributed by atoms with Crippen molar-refractivity contribution in [3.63, 3.8) is 0 Å². The van der Waals surface area contributed by atoms with Gasteiger partial charge in [0.2, 0.25) is 0 Å². The molecule has 0 aliphatic carbocycles. The van der Waals surface area contributed by atoms with Crippen LogP contribution in [0.2, 0.25) is 0 Å². The van der Waals surface area contributed by atoms with E-state index in [1.807, 2.05) is 18.2 Å². The minimum absolute atomic E-state index is 0.0956. The fraction of sp³-hybridized carbons (Fsp3) is 0.333. The number of phenolic OH excluding ortho intramolecular Hbond substituents is 1. The van der Waals surface area contributed by atoms with Gasteiger partial charge in [0.05, 0.1) is 0 Å².